The SMILES string of the molecule is CCCCOCCCNCc1c(C)nc2sccn12. The number of rotatable bonds is 9. The third-order valence-corrected chi connectivity index (χ3v) is 3.89. The first kappa shape index (κ1) is 14.5. The van der Waals surface area contributed by atoms with Crippen LogP contribution < -0.4 is 5.32 Å². The number of aryl methyl sites for hydroxylation is 1. The van der Waals surface area contributed by atoms with Crippen molar-refractivity contribution >= 4 is 16.3 Å². The lowest BCUT2D eigenvalue weighted by molar-refractivity contribution is 0.128. The highest BCUT2D eigenvalue weighted by molar-refractivity contribution is 7.15. The number of unbranched alkanes of at least 4 members (excludes halogenated alkanes) is 1. The Kier molecular flexibility index (Phi) is 5.82. The molecular weight excluding hydrogens is 258 g/mol. The van der Waals surface area contributed by atoms with E-state index in [1.807, 2.05) is 0 Å². The maximum Gasteiger partial charge on any atom is 0.194 e. The Morgan fingerprint density at radius 3 is 3.05 bits per heavy atom. The number of hydrogen-bond acceptors (Lipinski definition) is 4. The zero-order valence-electron chi connectivity index (χ0n) is 11.8. The van der Waals surface area contributed by atoms with Crippen molar-refractivity contribution in [3.63, 3.8) is 0 Å². The predicted octanol–water partition coefficient (Wildman–Crippen LogP) is 3.00. The molecular formula is C14H23N3OS. The molecule has 2 aromatic rings. The van der Waals surface area contributed by atoms with Crippen molar-refractivity contribution in [1.82, 2.24) is 14.7 Å². The second-order valence-electron chi connectivity index (χ2n) is 4.70. The molecule has 2 rings (SSSR count). The third-order valence-electron chi connectivity index (χ3n) is 3.14. The standard InChI is InChI=1S/C14H23N3OS/c1-3-4-8-18-9-5-6-15-11-13-12(2)16-14-17(13)7-10-19-14/h7,10,15H,3-6,8-9,11H2,1-2H3. The van der Waals surface area contributed by atoms with Gasteiger partial charge in [0.2, 0.25) is 0 Å². The number of imidazole rings is 1. The second kappa shape index (κ2) is 7.62. The van der Waals surface area contributed by atoms with Crippen LogP contribution in [0.15, 0.2) is 11.6 Å². The Balaban J connectivity index is 1.65. The minimum absolute atomic E-state index is 0.853. The smallest absolute Gasteiger partial charge is 0.194 e. The van der Waals surface area contributed by atoms with Gasteiger partial charge in [-0.1, -0.05) is 13.3 Å². The molecule has 0 bridgehead atoms. The third kappa shape index (κ3) is 4.03. The number of thiazole rings is 1. The normalized spacial score (nSPS) is 11.5. The first-order chi connectivity index (χ1) is 9.33. The van der Waals surface area contributed by atoms with E-state index in [9.17, 15) is 0 Å². The molecule has 0 aliphatic rings. The Labute approximate surface area is 118 Å². The van der Waals surface area contributed by atoms with Crippen molar-refractivity contribution < 1.29 is 4.74 Å². The molecule has 0 fully saturated rings. The number of aromatic nitrogens is 2. The summed E-state index contributed by atoms with van der Waals surface area (Å²) in [5, 5.41) is 5.54. The van der Waals surface area contributed by atoms with Crippen molar-refractivity contribution in [2.75, 3.05) is 19.8 Å². The molecule has 0 unspecified atom stereocenters. The number of ether oxygens (including phenoxy) is 1. The summed E-state index contributed by atoms with van der Waals surface area (Å²) in [6.45, 7) is 7.87. The van der Waals surface area contributed by atoms with E-state index < -0.39 is 0 Å². The van der Waals surface area contributed by atoms with Crippen LogP contribution in [0.4, 0.5) is 0 Å². The Bertz CT molecular complexity index is 492. The largest absolute Gasteiger partial charge is 0.381 e. The molecule has 2 aromatic heterocycles. The second-order valence-corrected chi connectivity index (χ2v) is 5.57. The molecule has 4 nitrogen and oxygen atoms in total. The van der Waals surface area contributed by atoms with E-state index in [0.717, 1.165) is 43.4 Å². The van der Waals surface area contributed by atoms with Gasteiger partial charge in [0, 0.05) is 31.3 Å². The van der Waals surface area contributed by atoms with Gasteiger partial charge in [-0.15, -0.1) is 11.3 Å². The number of hydrogen-bond donors (Lipinski definition) is 1. The van der Waals surface area contributed by atoms with E-state index in [1.165, 1.54) is 18.5 Å². The molecule has 0 radical (unpaired) electrons. The number of fused-ring (bicyclic) bond motifs is 1. The van der Waals surface area contributed by atoms with Gasteiger partial charge in [0.05, 0.1) is 11.4 Å². The van der Waals surface area contributed by atoms with Gasteiger partial charge < -0.3 is 10.1 Å². The average Bonchev–Trinajstić information content (AvgIpc) is 2.95. The van der Waals surface area contributed by atoms with E-state index >= 15 is 0 Å². The average molecular weight is 281 g/mol. The van der Waals surface area contributed by atoms with Crippen LogP contribution in [-0.2, 0) is 11.3 Å². The van der Waals surface area contributed by atoms with Crippen LogP contribution in [-0.4, -0.2) is 29.1 Å². The topological polar surface area (TPSA) is 38.6 Å². The summed E-state index contributed by atoms with van der Waals surface area (Å²) in [4.78, 5) is 5.62. The molecule has 1 N–H and O–H groups in total. The zero-order chi connectivity index (χ0) is 13.5. The van der Waals surface area contributed by atoms with Crippen molar-refractivity contribution in [2.45, 2.75) is 39.7 Å². The van der Waals surface area contributed by atoms with Gasteiger partial charge in [-0.3, -0.25) is 4.40 Å². The van der Waals surface area contributed by atoms with Gasteiger partial charge in [0.25, 0.3) is 0 Å². The summed E-state index contributed by atoms with van der Waals surface area (Å²) in [6.07, 6.45) is 5.52. The minimum atomic E-state index is 0.853. The molecule has 0 spiro atoms. The summed E-state index contributed by atoms with van der Waals surface area (Å²) in [5.41, 5.74) is 2.39. The first-order valence-corrected chi connectivity index (χ1v) is 7.90. The highest BCUT2D eigenvalue weighted by atomic mass is 32.1. The summed E-state index contributed by atoms with van der Waals surface area (Å²) < 4.78 is 7.71. The van der Waals surface area contributed by atoms with Crippen LogP contribution in [0.25, 0.3) is 4.96 Å². The number of nitrogens with zero attached hydrogens (tertiary/aromatic N) is 2. The fraction of sp³-hybridized carbons (Fsp3) is 0.643. The lowest BCUT2D eigenvalue weighted by atomic mass is 10.3. The van der Waals surface area contributed by atoms with Gasteiger partial charge in [-0.25, -0.2) is 4.98 Å². The van der Waals surface area contributed by atoms with Gasteiger partial charge >= 0.3 is 0 Å². The molecule has 0 amide bonds. The summed E-state index contributed by atoms with van der Waals surface area (Å²) in [5.74, 6) is 0. The summed E-state index contributed by atoms with van der Waals surface area (Å²) in [7, 11) is 0. The van der Waals surface area contributed by atoms with Crippen molar-refractivity contribution in [2.24, 2.45) is 0 Å². The number of nitrogens with one attached hydrogen (secondary N) is 1. The fourth-order valence-electron chi connectivity index (χ4n) is 2.01. The molecule has 0 aromatic carbocycles. The molecule has 0 atom stereocenters. The van der Waals surface area contributed by atoms with Gasteiger partial charge in [-0.05, 0) is 26.3 Å². The molecule has 0 aliphatic heterocycles. The maximum absolute atomic E-state index is 5.54. The Hall–Kier alpha value is -0.910. The molecule has 106 valence electrons. The summed E-state index contributed by atoms with van der Waals surface area (Å²) in [6, 6.07) is 0. The fourth-order valence-corrected chi connectivity index (χ4v) is 2.79. The van der Waals surface area contributed by atoms with E-state index in [2.05, 4.69) is 40.1 Å². The van der Waals surface area contributed by atoms with Gasteiger partial charge in [-0.2, -0.15) is 0 Å². The van der Waals surface area contributed by atoms with Crippen LogP contribution >= 0.6 is 11.3 Å². The molecule has 0 saturated carbocycles. The van der Waals surface area contributed by atoms with E-state index in [1.54, 1.807) is 11.3 Å². The van der Waals surface area contributed by atoms with E-state index in [-0.39, 0.29) is 0 Å². The summed E-state index contributed by atoms with van der Waals surface area (Å²) >= 11 is 1.68. The predicted molar refractivity (Wildman–Crippen MR) is 79.9 cm³/mol. The van der Waals surface area contributed by atoms with E-state index in [4.69, 9.17) is 4.74 Å². The van der Waals surface area contributed by atoms with Crippen LogP contribution in [0.5, 0.6) is 0 Å². The lowest BCUT2D eigenvalue weighted by Gasteiger charge is -2.06. The molecule has 0 aliphatic carbocycles. The quantitative estimate of drug-likeness (QED) is 0.718. The van der Waals surface area contributed by atoms with Crippen LogP contribution in [0.3, 0.4) is 0 Å². The van der Waals surface area contributed by atoms with Crippen LogP contribution in [0.1, 0.15) is 37.6 Å². The van der Waals surface area contributed by atoms with Crippen molar-refractivity contribution in [1.29, 1.82) is 0 Å². The van der Waals surface area contributed by atoms with Crippen molar-refractivity contribution in [3.05, 3.63) is 23.0 Å². The van der Waals surface area contributed by atoms with Crippen LogP contribution in [0, 0.1) is 6.92 Å². The van der Waals surface area contributed by atoms with Gasteiger partial charge in [0.15, 0.2) is 4.96 Å². The maximum atomic E-state index is 5.54. The van der Waals surface area contributed by atoms with Crippen LogP contribution in [0.2, 0.25) is 0 Å². The lowest BCUT2D eigenvalue weighted by Crippen LogP contribution is -2.18. The zero-order valence-corrected chi connectivity index (χ0v) is 12.6. The molecule has 5 heteroatoms. The van der Waals surface area contributed by atoms with E-state index in [0.29, 0.717) is 0 Å². The molecule has 0 saturated heterocycles. The highest BCUT2D eigenvalue weighted by Gasteiger charge is 2.08. The Morgan fingerprint density at radius 2 is 2.21 bits per heavy atom. The molecule has 2 heterocycles. The van der Waals surface area contributed by atoms with Gasteiger partial charge in [0.1, 0.15) is 0 Å². The van der Waals surface area contributed by atoms with Crippen molar-refractivity contribution in [3.8, 4) is 0 Å². The molecule has 19 heavy (non-hydrogen) atoms. The highest BCUT2D eigenvalue weighted by Crippen LogP contribution is 2.16. The Morgan fingerprint density at radius 1 is 1.37 bits per heavy atom. The monoisotopic (exact) mass is 281 g/mol. The first-order valence-electron chi connectivity index (χ1n) is 7.02. The minimum Gasteiger partial charge on any atom is -0.381 e.